The minimum Gasteiger partial charge on any atom is -0.481 e. The van der Waals surface area contributed by atoms with Crippen LogP contribution in [0.1, 0.15) is 44.6 Å². The molecule has 5 heteroatoms. The maximum absolute atomic E-state index is 12.2. The van der Waals surface area contributed by atoms with E-state index < -0.39 is 6.10 Å². The van der Waals surface area contributed by atoms with Crippen LogP contribution in [0.4, 0.5) is 0 Å². The molecule has 1 atom stereocenters. The number of nitrogens with one attached hydrogen (secondary N) is 1. The number of aliphatic hydroxyl groups is 1. The summed E-state index contributed by atoms with van der Waals surface area (Å²) < 4.78 is 5.66. The molecule has 1 saturated carbocycles. The van der Waals surface area contributed by atoms with E-state index in [1.165, 1.54) is 19.3 Å². The lowest BCUT2D eigenvalue weighted by Crippen LogP contribution is -2.43. The normalized spacial score (nSPS) is 17.3. The van der Waals surface area contributed by atoms with Crippen molar-refractivity contribution in [1.29, 1.82) is 0 Å². The first-order valence-electron chi connectivity index (χ1n) is 7.46. The zero-order chi connectivity index (χ0) is 15.2. The number of carbonyl (C=O) groups is 1. The van der Waals surface area contributed by atoms with E-state index in [-0.39, 0.29) is 18.6 Å². The molecule has 1 aliphatic carbocycles. The van der Waals surface area contributed by atoms with Crippen LogP contribution >= 0.6 is 11.6 Å². The molecule has 2 rings (SSSR count). The molecule has 116 valence electrons. The maximum atomic E-state index is 12.2. The zero-order valence-electron chi connectivity index (χ0n) is 12.3. The molecule has 1 fully saturated rings. The summed E-state index contributed by atoms with van der Waals surface area (Å²) in [6.07, 6.45) is 5.09. The van der Waals surface area contributed by atoms with E-state index in [9.17, 15) is 9.90 Å². The Kier molecular flexibility index (Phi) is 5.88. The topological polar surface area (TPSA) is 58.6 Å². The van der Waals surface area contributed by atoms with Gasteiger partial charge in [0.2, 0.25) is 0 Å². The molecule has 21 heavy (non-hydrogen) atoms. The molecule has 1 aromatic carbocycles. The third-order valence-corrected chi connectivity index (χ3v) is 4.05. The molecular formula is C16H22ClNO3. The van der Waals surface area contributed by atoms with E-state index in [0.717, 1.165) is 12.8 Å². The zero-order valence-corrected chi connectivity index (χ0v) is 13.0. The molecule has 1 aromatic rings. The fourth-order valence-electron chi connectivity index (χ4n) is 2.60. The highest BCUT2D eigenvalue weighted by molar-refractivity contribution is 6.30. The second-order valence-electron chi connectivity index (χ2n) is 5.51. The number of benzene rings is 1. The Bertz CT molecular complexity index is 486. The van der Waals surface area contributed by atoms with Crippen molar-refractivity contribution in [3.05, 3.63) is 28.8 Å². The standard InChI is InChI=1S/C16H22ClNO3/c1-11(16(20)18-14-5-3-2-4-6-14)21-15-8-7-13(17)9-12(15)10-19/h7-9,11,14,19H,2-6,10H2,1H3,(H,18,20). The Hall–Kier alpha value is -1.26. The summed E-state index contributed by atoms with van der Waals surface area (Å²) in [5.74, 6) is 0.383. The SMILES string of the molecule is CC(Oc1ccc(Cl)cc1CO)C(=O)NC1CCCCC1. The average Bonchev–Trinajstić information content (AvgIpc) is 2.49. The molecule has 1 amide bonds. The van der Waals surface area contributed by atoms with E-state index in [0.29, 0.717) is 16.3 Å². The fourth-order valence-corrected chi connectivity index (χ4v) is 2.79. The summed E-state index contributed by atoms with van der Waals surface area (Å²) >= 11 is 5.88. The minimum atomic E-state index is -0.599. The number of hydrogen-bond acceptors (Lipinski definition) is 3. The van der Waals surface area contributed by atoms with Crippen LogP contribution in [-0.2, 0) is 11.4 Å². The second kappa shape index (κ2) is 7.66. The van der Waals surface area contributed by atoms with Crippen molar-refractivity contribution < 1.29 is 14.6 Å². The number of amides is 1. The van der Waals surface area contributed by atoms with Gasteiger partial charge < -0.3 is 15.2 Å². The maximum Gasteiger partial charge on any atom is 0.260 e. The number of ether oxygens (including phenoxy) is 1. The molecule has 1 unspecified atom stereocenters. The smallest absolute Gasteiger partial charge is 0.260 e. The fraction of sp³-hybridized carbons (Fsp3) is 0.562. The first-order valence-corrected chi connectivity index (χ1v) is 7.84. The summed E-state index contributed by atoms with van der Waals surface area (Å²) in [5, 5.41) is 12.9. The van der Waals surface area contributed by atoms with Crippen molar-refractivity contribution in [2.45, 2.75) is 57.8 Å². The Morgan fingerprint density at radius 2 is 2.14 bits per heavy atom. The largest absolute Gasteiger partial charge is 0.481 e. The average molecular weight is 312 g/mol. The van der Waals surface area contributed by atoms with Gasteiger partial charge in [-0.05, 0) is 38.0 Å². The lowest BCUT2D eigenvalue weighted by molar-refractivity contribution is -0.128. The lowest BCUT2D eigenvalue weighted by atomic mass is 9.95. The van der Waals surface area contributed by atoms with E-state index in [1.807, 2.05) is 0 Å². The molecule has 0 heterocycles. The Balaban J connectivity index is 1.93. The second-order valence-corrected chi connectivity index (χ2v) is 5.95. The molecule has 0 spiro atoms. The van der Waals surface area contributed by atoms with Gasteiger partial charge in [-0.15, -0.1) is 0 Å². The van der Waals surface area contributed by atoms with Gasteiger partial charge in [0.1, 0.15) is 5.75 Å². The monoisotopic (exact) mass is 311 g/mol. The Morgan fingerprint density at radius 1 is 1.43 bits per heavy atom. The Morgan fingerprint density at radius 3 is 2.81 bits per heavy atom. The van der Waals surface area contributed by atoms with Crippen molar-refractivity contribution in [3.8, 4) is 5.75 Å². The highest BCUT2D eigenvalue weighted by Crippen LogP contribution is 2.24. The van der Waals surface area contributed by atoms with Gasteiger partial charge >= 0.3 is 0 Å². The van der Waals surface area contributed by atoms with Crippen molar-refractivity contribution in [2.75, 3.05) is 0 Å². The minimum absolute atomic E-state index is 0.110. The van der Waals surface area contributed by atoms with E-state index in [4.69, 9.17) is 16.3 Å². The summed E-state index contributed by atoms with van der Waals surface area (Å²) in [6.45, 7) is 1.54. The van der Waals surface area contributed by atoms with Crippen molar-refractivity contribution in [1.82, 2.24) is 5.32 Å². The van der Waals surface area contributed by atoms with Crippen molar-refractivity contribution in [2.24, 2.45) is 0 Å². The van der Waals surface area contributed by atoms with Crippen molar-refractivity contribution >= 4 is 17.5 Å². The molecule has 0 saturated heterocycles. The van der Waals surface area contributed by atoms with Crippen LogP contribution in [0, 0.1) is 0 Å². The summed E-state index contributed by atoms with van der Waals surface area (Å²) in [7, 11) is 0. The van der Waals surface area contributed by atoms with E-state index in [1.54, 1.807) is 25.1 Å². The van der Waals surface area contributed by atoms with Gasteiger partial charge in [-0.3, -0.25) is 4.79 Å². The summed E-state index contributed by atoms with van der Waals surface area (Å²) in [5.41, 5.74) is 0.583. The molecule has 1 aliphatic rings. The molecule has 2 N–H and O–H groups in total. The number of rotatable bonds is 5. The van der Waals surface area contributed by atoms with Crippen LogP contribution in [0.15, 0.2) is 18.2 Å². The molecule has 0 aromatic heterocycles. The number of aliphatic hydroxyl groups excluding tert-OH is 1. The van der Waals surface area contributed by atoms with Gasteiger partial charge in [-0.1, -0.05) is 30.9 Å². The van der Waals surface area contributed by atoms with E-state index in [2.05, 4.69) is 5.32 Å². The lowest BCUT2D eigenvalue weighted by Gasteiger charge is -2.25. The molecule has 0 radical (unpaired) electrons. The van der Waals surface area contributed by atoms with Gasteiger partial charge in [-0.2, -0.15) is 0 Å². The molecular weight excluding hydrogens is 290 g/mol. The number of halogens is 1. The molecule has 4 nitrogen and oxygen atoms in total. The number of hydrogen-bond donors (Lipinski definition) is 2. The molecule has 0 bridgehead atoms. The van der Waals surface area contributed by atoms with Crippen LogP contribution in [0.2, 0.25) is 5.02 Å². The van der Waals surface area contributed by atoms with Gasteiger partial charge in [-0.25, -0.2) is 0 Å². The Labute approximate surface area is 130 Å². The predicted molar refractivity (Wildman–Crippen MR) is 82.5 cm³/mol. The first-order chi connectivity index (χ1) is 10.1. The van der Waals surface area contributed by atoms with Crippen LogP contribution in [0.5, 0.6) is 5.75 Å². The van der Waals surface area contributed by atoms with Gasteiger partial charge in [0, 0.05) is 16.6 Å². The van der Waals surface area contributed by atoms with Crippen LogP contribution < -0.4 is 10.1 Å². The van der Waals surface area contributed by atoms with Crippen molar-refractivity contribution in [3.63, 3.8) is 0 Å². The third kappa shape index (κ3) is 4.61. The van der Waals surface area contributed by atoms with Gasteiger partial charge in [0.25, 0.3) is 5.91 Å². The summed E-state index contributed by atoms with van der Waals surface area (Å²) in [4.78, 5) is 12.2. The highest BCUT2D eigenvalue weighted by Gasteiger charge is 2.21. The summed E-state index contributed by atoms with van der Waals surface area (Å²) in [6, 6.07) is 5.27. The van der Waals surface area contributed by atoms with Crippen LogP contribution in [0.25, 0.3) is 0 Å². The predicted octanol–water partition coefficient (Wildman–Crippen LogP) is 3.05. The third-order valence-electron chi connectivity index (χ3n) is 3.82. The van der Waals surface area contributed by atoms with Gasteiger partial charge in [0.05, 0.1) is 6.61 Å². The van der Waals surface area contributed by atoms with E-state index >= 15 is 0 Å². The quantitative estimate of drug-likeness (QED) is 0.878. The highest BCUT2D eigenvalue weighted by atomic mass is 35.5. The number of carbonyl (C=O) groups excluding carboxylic acids is 1. The van der Waals surface area contributed by atoms with Crippen LogP contribution in [-0.4, -0.2) is 23.2 Å². The van der Waals surface area contributed by atoms with Gasteiger partial charge in [0.15, 0.2) is 6.10 Å². The first kappa shape index (κ1) is 16.1. The van der Waals surface area contributed by atoms with Crippen LogP contribution in [0.3, 0.4) is 0 Å². The molecule has 0 aliphatic heterocycles.